The van der Waals surface area contributed by atoms with Crippen LogP contribution in [0.4, 0.5) is 0 Å². The second-order valence-electron chi connectivity index (χ2n) is 8.88. The fourth-order valence-corrected chi connectivity index (χ4v) is 5.46. The van der Waals surface area contributed by atoms with Gasteiger partial charge in [-0.3, -0.25) is 9.69 Å². The van der Waals surface area contributed by atoms with E-state index in [1.165, 1.54) is 30.4 Å². The summed E-state index contributed by atoms with van der Waals surface area (Å²) in [5.41, 5.74) is 4.55. The lowest BCUT2D eigenvalue weighted by atomic mass is 9.75. The second kappa shape index (κ2) is 8.57. The highest BCUT2D eigenvalue weighted by Gasteiger charge is 2.40. The smallest absolute Gasteiger partial charge is 0.166 e. The molecule has 2 nitrogen and oxygen atoms in total. The van der Waals surface area contributed by atoms with E-state index in [-0.39, 0.29) is 5.92 Å². The Kier molecular flexibility index (Phi) is 5.50. The summed E-state index contributed by atoms with van der Waals surface area (Å²) in [5, 5.41) is 0. The zero-order chi connectivity index (χ0) is 20.3. The first-order chi connectivity index (χ1) is 14.8. The minimum absolute atomic E-state index is 0.151. The Morgan fingerprint density at radius 1 is 0.767 bits per heavy atom. The van der Waals surface area contributed by atoms with Crippen LogP contribution in [0.5, 0.6) is 0 Å². The molecule has 0 amide bonds. The van der Waals surface area contributed by atoms with Gasteiger partial charge in [-0.15, -0.1) is 0 Å². The lowest BCUT2D eigenvalue weighted by molar-refractivity contribution is 0.00906. The Bertz CT molecular complexity index is 983. The van der Waals surface area contributed by atoms with Crippen LogP contribution in [-0.4, -0.2) is 22.8 Å². The third-order valence-corrected chi connectivity index (χ3v) is 6.96. The molecule has 2 saturated heterocycles. The zero-order valence-corrected chi connectivity index (χ0v) is 17.4. The van der Waals surface area contributed by atoms with Crippen molar-refractivity contribution in [1.82, 2.24) is 4.90 Å². The molecular weight excluding hydrogens is 366 g/mol. The first kappa shape index (κ1) is 19.3. The molecule has 0 aliphatic carbocycles. The monoisotopic (exact) mass is 395 g/mol. The molecule has 152 valence electrons. The van der Waals surface area contributed by atoms with Gasteiger partial charge in [-0.05, 0) is 48.4 Å². The Hall–Kier alpha value is -2.71. The van der Waals surface area contributed by atoms with E-state index in [2.05, 4.69) is 59.5 Å². The molecule has 5 rings (SSSR count). The van der Waals surface area contributed by atoms with Crippen LogP contribution in [0, 0.1) is 5.92 Å². The van der Waals surface area contributed by atoms with Crippen LogP contribution in [-0.2, 0) is 6.54 Å². The molecule has 0 radical (unpaired) electrons. The molecule has 2 unspecified atom stereocenters. The first-order valence-corrected chi connectivity index (χ1v) is 11.3. The molecule has 2 aliphatic rings. The molecule has 0 N–H and O–H groups in total. The molecule has 2 aliphatic heterocycles. The van der Waals surface area contributed by atoms with Crippen molar-refractivity contribution in [2.24, 2.45) is 5.92 Å². The molecule has 0 saturated carbocycles. The van der Waals surface area contributed by atoms with Gasteiger partial charge in [0.05, 0.1) is 0 Å². The van der Waals surface area contributed by atoms with Crippen LogP contribution in [0.15, 0.2) is 84.9 Å². The lowest BCUT2D eigenvalue weighted by Crippen LogP contribution is -2.52. The average molecular weight is 396 g/mol. The van der Waals surface area contributed by atoms with Gasteiger partial charge in [0, 0.05) is 30.1 Å². The lowest BCUT2D eigenvalue weighted by Gasteiger charge is -2.48. The van der Waals surface area contributed by atoms with E-state index in [1.807, 2.05) is 30.3 Å². The van der Waals surface area contributed by atoms with Crippen molar-refractivity contribution in [3.63, 3.8) is 0 Å². The third-order valence-electron chi connectivity index (χ3n) is 6.96. The van der Waals surface area contributed by atoms with E-state index >= 15 is 0 Å². The van der Waals surface area contributed by atoms with Crippen molar-refractivity contribution in [3.8, 4) is 11.1 Å². The second-order valence-corrected chi connectivity index (χ2v) is 8.88. The van der Waals surface area contributed by atoms with Crippen LogP contribution in [0.1, 0.15) is 48.0 Å². The quantitative estimate of drug-likeness (QED) is 0.468. The van der Waals surface area contributed by atoms with Crippen LogP contribution >= 0.6 is 0 Å². The van der Waals surface area contributed by atoms with Gasteiger partial charge in [0.1, 0.15) is 0 Å². The number of fused-ring (bicyclic) bond motifs is 2. The van der Waals surface area contributed by atoms with Crippen molar-refractivity contribution < 1.29 is 4.79 Å². The fourth-order valence-electron chi connectivity index (χ4n) is 5.46. The normalized spacial score (nSPS) is 23.8. The molecule has 2 heterocycles. The molecule has 0 spiro atoms. The van der Waals surface area contributed by atoms with Crippen molar-refractivity contribution in [2.45, 2.75) is 50.7 Å². The van der Waals surface area contributed by atoms with Crippen molar-refractivity contribution >= 4 is 5.78 Å². The van der Waals surface area contributed by atoms with Gasteiger partial charge in [-0.2, -0.15) is 0 Å². The minimum Gasteiger partial charge on any atom is -0.294 e. The number of carbonyl (C=O) groups is 1. The standard InChI is InChI=1S/C28H29NO/c30-28(24-14-7-13-23(17-24)22-11-5-2-6-12-22)25-18-26-15-8-16-27(19-25)29(26)20-21-9-3-1-4-10-21/h1-7,9-14,17,25-27H,8,15-16,18-20H2. The van der Waals surface area contributed by atoms with Gasteiger partial charge in [-0.1, -0.05) is 85.3 Å². The van der Waals surface area contributed by atoms with Crippen molar-refractivity contribution in [3.05, 3.63) is 96.1 Å². The maximum Gasteiger partial charge on any atom is 0.166 e. The number of ketones is 1. The largest absolute Gasteiger partial charge is 0.294 e. The summed E-state index contributed by atoms with van der Waals surface area (Å²) in [6.07, 6.45) is 5.73. The Morgan fingerprint density at radius 3 is 2.10 bits per heavy atom. The number of hydrogen-bond donors (Lipinski definition) is 0. The molecule has 30 heavy (non-hydrogen) atoms. The molecular formula is C28H29NO. The van der Waals surface area contributed by atoms with Gasteiger partial charge >= 0.3 is 0 Å². The highest BCUT2D eigenvalue weighted by molar-refractivity contribution is 5.99. The summed E-state index contributed by atoms with van der Waals surface area (Å²) in [6, 6.07) is 30.4. The van der Waals surface area contributed by atoms with E-state index in [0.29, 0.717) is 17.9 Å². The van der Waals surface area contributed by atoms with E-state index in [4.69, 9.17) is 0 Å². The molecule has 2 atom stereocenters. The van der Waals surface area contributed by atoms with E-state index in [9.17, 15) is 4.79 Å². The van der Waals surface area contributed by atoms with Crippen molar-refractivity contribution in [2.75, 3.05) is 0 Å². The molecule has 2 bridgehead atoms. The summed E-state index contributed by atoms with van der Waals surface area (Å²) in [6.45, 7) is 1.01. The van der Waals surface area contributed by atoms with Crippen molar-refractivity contribution in [1.29, 1.82) is 0 Å². The summed E-state index contributed by atoms with van der Waals surface area (Å²) in [4.78, 5) is 16.1. The summed E-state index contributed by atoms with van der Waals surface area (Å²) < 4.78 is 0. The number of Topliss-reactive ketones (excluding diaryl/α,β-unsaturated/α-hetero) is 1. The van der Waals surface area contributed by atoms with Crippen LogP contribution in [0.2, 0.25) is 0 Å². The van der Waals surface area contributed by atoms with Crippen LogP contribution < -0.4 is 0 Å². The summed E-state index contributed by atoms with van der Waals surface area (Å²) >= 11 is 0. The van der Waals surface area contributed by atoms with Gasteiger partial charge in [0.15, 0.2) is 5.78 Å². The highest BCUT2D eigenvalue weighted by atomic mass is 16.1. The zero-order valence-electron chi connectivity index (χ0n) is 17.4. The number of hydrogen-bond acceptors (Lipinski definition) is 2. The molecule has 2 heteroatoms. The highest BCUT2D eigenvalue weighted by Crippen LogP contribution is 2.39. The van der Waals surface area contributed by atoms with Crippen LogP contribution in [0.25, 0.3) is 11.1 Å². The maximum atomic E-state index is 13.5. The molecule has 3 aromatic carbocycles. The Labute approximate surface area is 179 Å². The minimum atomic E-state index is 0.151. The summed E-state index contributed by atoms with van der Waals surface area (Å²) in [5.74, 6) is 0.488. The number of carbonyl (C=O) groups excluding carboxylic acids is 1. The number of nitrogens with zero attached hydrogens (tertiary/aromatic N) is 1. The number of rotatable bonds is 5. The summed E-state index contributed by atoms with van der Waals surface area (Å²) in [7, 11) is 0. The molecule has 2 fully saturated rings. The molecule has 0 aromatic heterocycles. The first-order valence-electron chi connectivity index (χ1n) is 11.3. The number of benzene rings is 3. The molecule has 3 aromatic rings. The van der Waals surface area contributed by atoms with E-state index in [1.54, 1.807) is 0 Å². The van der Waals surface area contributed by atoms with E-state index < -0.39 is 0 Å². The van der Waals surface area contributed by atoms with Gasteiger partial charge in [0.2, 0.25) is 0 Å². The topological polar surface area (TPSA) is 20.3 Å². The van der Waals surface area contributed by atoms with Gasteiger partial charge < -0.3 is 0 Å². The van der Waals surface area contributed by atoms with Crippen LogP contribution in [0.3, 0.4) is 0 Å². The predicted octanol–water partition coefficient (Wildman–Crippen LogP) is 6.37. The van der Waals surface area contributed by atoms with E-state index in [0.717, 1.165) is 30.5 Å². The number of piperidine rings is 2. The average Bonchev–Trinajstić information content (AvgIpc) is 2.80. The SMILES string of the molecule is O=C(c1cccc(-c2ccccc2)c1)C1CC2CCCC(C1)N2Cc1ccccc1. The van der Waals surface area contributed by atoms with Gasteiger partial charge in [-0.25, -0.2) is 0 Å². The fraction of sp³-hybridized carbons (Fsp3) is 0.321. The predicted molar refractivity (Wildman–Crippen MR) is 122 cm³/mol. The van der Waals surface area contributed by atoms with Gasteiger partial charge in [0.25, 0.3) is 0 Å². The Morgan fingerprint density at radius 2 is 1.40 bits per heavy atom. The Balaban J connectivity index is 1.33. The maximum absolute atomic E-state index is 13.5. The third kappa shape index (κ3) is 3.97.